The lowest BCUT2D eigenvalue weighted by molar-refractivity contribution is -0.139. The second kappa shape index (κ2) is 13.0. The van der Waals surface area contributed by atoms with Crippen LogP contribution < -0.4 is 0 Å². The minimum atomic E-state index is -1.04. The SMILES string of the molecule is C=C\C=C(/C=C\C=C/C)Sc1c(/C=C/CCC(O)CC(=O)O)cnc2cc(Cl)c(F)cc12. The summed E-state index contributed by atoms with van der Waals surface area (Å²) in [4.78, 5) is 16.8. The Balaban J connectivity index is 2.42. The molecule has 1 aromatic heterocycles. The Morgan fingerprint density at radius 1 is 1.38 bits per heavy atom. The Labute approximate surface area is 196 Å². The highest BCUT2D eigenvalue weighted by Gasteiger charge is 2.13. The molecule has 2 N–H and O–H groups in total. The molecule has 0 bridgehead atoms. The van der Waals surface area contributed by atoms with Gasteiger partial charge in [-0.1, -0.05) is 66.4 Å². The van der Waals surface area contributed by atoms with Gasteiger partial charge in [-0.3, -0.25) is 9.78 Å². The summed E-state index contributed by atoms with van der Waals surface area (Å²) in [7, 11) is 0. The number of aromatic nitrogens is 1. The van der Waals surface area contributed by atoms with Crippen molar-refractivity contribution in [1.82, 2.24) is 4.98 Å². The first-order chi connectivity index (χ1) is 15.3. The van der Waals surface area contributed by atoms with E-state index in [9.17, 15) is 14.3 Å². The van der Waals surface area contributed by atoms with Crippen molar-refractivity contribution in [2.75, 3.05) is 0 Å². The number of carboxylic acid groups (broad SMARTS) is 1. The number of hydrogen-bond acceptors (Lipinski definition) is 4. The summed E-state index contributed by atoms with van der Waals surface area (Å²) in [6.07, 6.45) is 16.2. The van der Waals surface area contributed by atoms with Crippen LogP contribution in [0.15, 0.2) is 77.2 Å². The number of nitrogens with zero attached hydrogens (tertiary/aromatic N) is 1. The van der Waals surface area contributed by atoms with Gasteiger partial charge in [-0.05, 0) is 44.1 Å². The van der Waals surface area contributed by atoms with Crippen LogP contribution in [0.1, 0.15) is 31.7 Å². The molecule has 0 saturated carbocycles. The molecule has 0 aliphatic carbocycles. The molecule has 168 valence electrons. The molecule has 0 amide bonds. The number of benzene rings is 1. The van der Waals surface area contributed by atoms with Crippen LogP contribution in [0.5, 0.6) is 0 Å². The lowest BCUT2D eigenvalue weighted by Crippen LogP contribution is -2.12. The molecular weight excluding hydrogens is 449 g/mol. The number of pyridine rings is 1. The Hall–Kier alpha value is -2.67. The van der Waals surface area contributed by atoms with Gasteiger partial charge >= 0.3 is 5.97 Å². The van der Waals surface area contributed by atoms with Crippen molar-refractivity contribution in [3.05, 3.63) is 88.7 Å². The average Bonchev–Trinajstić information content (AvgIpc) is 2.73. The number of rotatable bonds is 11. The molecule has 4 nitrogen and oxygen atoms in total. The Morgan fingerprint density at radius 3 is 2.84 bits per heavy atom. The van der Waals surface area contributed by atoms with Crippen molar-refractivity contribution in [2.45, 2.75) is 37.2 Å². The quantitative estimate of drug-likeness (QED) is 0.273. The standard InChI is InChI=1S/C25H25ClFNO3S/c1-3-5-6-12-19(9-4-2)32-25-17(10-7-8-11-18(29)13-24(30)31)16-28-23-15-21(26)22(27)14-20(23)25/h3-7,9-10,12,14-16,18,29H,2,8,11,13H2,1H3,(H,30,31)/b5-3-,10-7+,12-6-,19-9+. The number of halogens is 2. The second-order valence-corrected chi connectivity index (χ2v) is 8.34. The summed E-state index contributed by atoms with van der Waals surface area (Å²) in [6, 6.07) is 2.88. The molecule has 0 aliphatic heterocycles. The fraction of sp³-hybridized carbons (Fsp3) is 0.200. The van der Waals surface area contributed by atoms with Crippen molar-refractivity contribution in [1.29, 1.82) is 0 Å². The lowest BCUT2D eigenvalue weighted by atomic mass is 10.1. The maximum absolute atomic E-state index is 14.3. The molecule has 1 atom stereocenters. The third kappa shape index (κ3) is 7.79. The van der Waals surface area contributed by atoms with Gasteiger partial charge in [-0.2, -0.15) is 0 Å². The minimum absolute atomic E-state index is 0.00601. The third-order valence-electron chi connectivity index (χ3n) is 4.33. The molecule has 0 spiro atoms. The summed E-state index contributed by atoms with van der Waals surface area (Å²) in [5.74, 6) is -1.56. The summed E-state index contributed by atoms with van der Waals surface area (Å²) < 4.78 is 14.3. The van der Waals surface area contributed by atoms with Crippen LogP contribution in [0.2, 0.25) is 5.02 Å². The van der Waals surface area contributed by atoms with E-state index in [1.165, 1.54) is 23.9 Å². The average molecular weight is 474 g/mol. The van der Waals surface area contributed by atoms with Gasteiger partial charge in [0.2, 0.25) is 0 Å². The van der Waals surface area contributed by atoms with E-state index in [0.717, 1.165) is 15.4 Å². The number of carbonyl (C=O) groups is 1. The van der Waals surface area contributed by atoms with Gasteiger partial charge in [0.25, 0.3) is 0 Å². The lowest BCUT2D eigenvalue weighted by Gasteiger charge is -2.11. The van der Waals surface area contributed by atoms with E-state index in [1.807, 2.05) is 49.5 Å². The zero-order valence-corrected chi connectivity index (χ0v) is 19.2. The van der Waals surface area contributed by atoms with Crippen LogP contribution in [0.4, 0.5) is 4.39 Å². The molecule has 0 saturated heterocycles. The monoisotopic (exact) mass is 473 g/mol. The normalized spacial score (nSPS) is 13.6. The van der Waals surface area contributed by atoms with Crippen LogP contribution in [0.25, 0.3) is 17.0 Å². The molecule has 2 rings (SSSR count). The summed E-state index contributed by atoms with van der Waals surface area (Å²) in [5.41, 5.74) is 1.34. The van der Waals surface area contributed by atoms with Gasteiger partial charge in [0.15, 0.2) is 0 Å². The first-order valence-electron chi connectivity index (χ1n) is 9.99. The van der Waals surface area contributed by atoms with E-state index in [4.69, 9.17) is 16.7 Å². The van der Waals surface area contributed by atoms with Crippen molar-refractivity contribution < 1.29 is 19.4 Å². The zero-order chi connectivity index (χ0) is 23.5. The molecule has 7 heteroatoms. The summed E-state index contributed by atoms with van der Waals surface area (Å²) in [6.45, 7) is 5.69. The Kier molecular flexibility index (Phi) is 10.4. The number of carboxylic acids is 1. The number of aliphatic carboxylic acids is 1. The van der Waals surface area contributed by atoms with Crippen molar-refractivity contribution in [2.24, 2.45) is 0 Å². The molecule has 0 aliphatic rings. The largest absolute Gasteiger partial charge is 0.481 e. The first kappa shape index (κ1) is 25.6. The van der Waals surface area contributed by atoms with Crippen molar-refractivity contribution in [3.8, 4) is 0 Å². The van der Waals surface area contributed by atoms with Crippen LogP contribution in [-0.2, 0) is 4.79 Å². The Morgan fingerprint density at radius 2 is 2.16 bits per heavy atom. The van der Waals surface area contributed by atoms with Gasteiger partial charge in [-0.15, -0.1) is 0 Å². The van der Waals surface area contributed by atoms with Gasteiger partial charge in [-0.25, -0.2) is 4.39 Å². The minimum Gasteiger partial charge on any atom is -0.481 e. The van der Waals surface area contributed by atoms with Gasteiger partial charge in [0.1, 0.15) is 5.82 Å². The number of hydrogen-bond donors (Lipinski definition) is 2. The van der Waals surface area contributed by atoms with Gasteiger partial charge in [0, 0.05) is 26.9 Å². The highest BCUT2D eigenvalue weighted by molar-refractivity contribution is 8.03. The van der Waals surface area contributed by atoms with Gasteiger partial charge < -0.3 is 10.2 Å². The predicted molar refractivity (Wildman–Crippen MR) is 131 cm³/mol. The van der Waals surface area contributed by atoms with Crippen LogP contribution in [-0.4, -0.2) is 27.3 Å². The van der Waals surface area contributed by atoms with E-state index in [0.29, 0.717) is 23.7 Å². The van der Waals surface area contributed by atoms with E-state index in [2.05, 4.69) is 11.6 Å². The fourth-order valence-electron chi connectivity index (χ4n) is 2.83. The fourth-order valence-corrected chi connectivity index (χ4v) is 4.05. The third-order valence-corrected chi connectivity index (χ3v) is 5.79. The molecule has 1 heterocycles. The summed E-state index contributed by atoms with van der Waals surface area (Å²) >= 11 is 7.39. The van der Waals surface area contributed by atoms with Crippen LogP contribution in [0, 0.1) is 5.82 Å². The first-order valence-corrected chi connectivity index (χ1v) is 11.2. The number of thioether (sulfide) groups is 1. The molecule has 1 unspecified atom stereocenters. The van der Waals surface area contributed by atoms with Crippen LogP contribution >= 0.6 is 23.4 Å². The number of fused-ring (bicyclic) bond motifs is 1. The smallest absolute Gasteiger partial charge is 0.305 e. The predicted octanol–water partition coefficient (Wildman–Crippen LogP) is 6.95. The number of aliphatic hydroxyl groups excluding tert-OH is 1. The molecule has 32 heavy (non-hydrogen) atoms. The van der Waals surface area contributed by atoms with Crippen molar-refractivity contribution >= 4 is 46.3 Å². The van der Waals surface area contributed by atoms with Crippen molar-refractivity contribution in [3.63, 3.8) is 0 Å². The van der Waals surface area contributed by atoms with E-state index >= 15 is 0 Å². The Bertz CT molecular complexity index is 1090. The maximum Gasteiger partial charge on any atom is 0.305 e. The van der Waals surface area contributed by atoms with E-state index in [1.54, 1.807) is 12.3 Å². The van der Waals surface area contributed by atoms with E-state index in [-0.39, 0.29) is 11.4 Å². The second-order valence-electron chi connectivity index (χ2n) is 6.85. The molecule has 2 aromatic rings. The van der Waals surface area contributed by atoms with Gasteiger partial charge in [0.05, 0.1) is 23.1 Å². The number of aliphatic hydroxyl groups is 1. The zero-order valence-electron chi connectivity index (χ0n) is 17.7. The van der Waals surface area contributed by atoms with E-state index < -0.39 is 17.9 Å². The maximum atomic E-state index is 14.3. The van der Waals surface area contributed by atoms with Crippen LogP contribution in [0.3, 0.4) is 0 Å². The summed E-state index contributed by atoms with van der Waals surface area (Å²) in [5, 5.41) is 19.1. The molecule has 0 radical (unpaired) electrons. The molecule has 0 fully saturated rings. The topological polar surface area (TPSA) is 70.4 Å². The number of allylic oxidation sites excluding steroid dienone is 7. The highest BCUT2D eigenvalue weighted by Crippen LogP contribution is 2.38. The molecule has 1 aromatic carbocycles. The molecular formula is C25H25ClFNO3S. The highest BCUT2D eigenvalue weighted by atomic mass is 35.5.